The van der Waals surface area contributed by atoms with Gasteiger partial charge < -0.3 is 24.0 Å². The molecule has 2 aromatic carbocycles. The van der Waals surface area contributed by atoms with Crippen LogP contribution in [0.3, 0.4) is 0 Å². The Balaban J connectivity index is 0.000000668. The fraction of sp³-hybridized carbons (Fsp3) is 0.250. The van der Waals surface area contributed by atoms with E-state index in [0.717, 1.165) is 10.2 Å². The SMILES string of the molecule is Clc1cccc(C2(Cn3ccnc3)OCC(COc3ccc(Br)cc3)O2)c1Cl.O=[N+]([O-])O. The maximum absolute atomic E-state index is 8.36. The summed E-state index contributed by atoms with van der Waals surface area (Å²) in [7, 11) is 0. The molecule has 0 spiro atoms. The minimum absolute atomic E-state index is 0.262. The van der Waals surface area contributed by atoms with Gasteiger partial charge in [0.25, 0.3) is 5.09 Å². The summed E-state index contributed by atoms with van der Waals surface area (Å²) in [5, 5.41) is 14.5. The van der Waals surface area contributed by atoms with Crippen LogP contribution in [0.1, 0.15) is 5.56 Å². The lowest BCUT2D eigenvalue weighted by Gasteiger charge is -2.30. The van der Waals surface area contributed by atoms with Crippen molar-refractivity contribution < 1.29 is 24.5 Å². The largest absolute Gasteiger partial charge is 0.491 e. The summed E-state index contributed by atoms with van der Waals surface area (Å²) in [4.78, 5) is 12.5. The Morgan fingerprint density at radius 3 is 2.69 bits per heavy atom. The molecule has 1 aromatic heterocycles. The summed E-state index contributed by atoms with van der Waals surface area (Å²) in [6.07, 6.45) is 5.00. The summed E-state index contributed by atoms with van der Waals surface area (Å²) in [5.74, 6) is -0.309. The van der Waals surface area contributed by atoms with Gasteiger partial charge in [-0.25, -0.2) is 4.98 Å². The quantitative estimate of drug-likeness (QED) is 0.344. The summed E-state index contributed by atoms with van der Waals surface area (Å²) < 4.78 is 21.2. The van der Waals surface area contributed by atoms with E-state index in [-0.39, 0.29) is 6.10 Å². The van der Waals surface area contributed by atoms with E-state index in [4.69, 9.17) is 52.7 Å². The molecule has 1 N–H and O–H groups in total. The summed E-state index contributed by atoms with van der Waals surface area (Å²) in [6.45, 7) is 1.11. The zero-order valence-electron chi connectivity index (χ0n) is 16.4. The Morgan fingerprint density at radius 2 is 2.03 bits per heavy atom. The number of hydrogen-bond acceptors (Lipinski definition) is 6. The topological polar surface area (TPSA) is 109 Å². The van der Waals surface area contributed by atoms with Crippen LogP contribution in [0.25, 0.3) is 0 Å². The Kier molecular flexibility index (Phi) is 8.32. The fourth-order valence-corrected chi connectivity index (χ4v) is 3.80. The molecule has 9 nitrogen and oxygen atoms in total. The molecule has 1 saturated heterocycles. The molecule has 1 fully saturated rings. The third-order valence-electron chi connectivity index (χ3n) is 4.42. The van der Waals surface area contributed by atoms with Crippen molar-refractivity contribution in [2.75, 3.05) is 13.2 Å². The van der Waals surface area contributed by atoms with Gasteiger partial charge in [0.05, 0.1) is 29.5 Å². The van der Waals surface area contributed by atoms with Gasteiger partial charge in [-0.05, 0) is 30.3 Å². The second-order valence-corrected chi connectivity index (χ2v) is 8.34. The standard InChI is InChI=1S/C20H17BrCl2N2O3.HNO3/c21-14-4-6-15(7-5-14)26-10-16-11-27-20(28-16,12-25-9-8-24-13-25)17-2-1-3-18(22)19(17)23;2-1(3)4/h1-9,13,16H,10-12H2;(H,2,3,4). The average molecular weight is 547 g/mol. The van der Waals surface area contributed by atoms with E-state index in [0.29, 0.717) is 35.4 Å². The zero-order chi connectivity index (χ0) is 23.1. The number of rotatable bonds is 6. The first-order valence-corrected chi connectivity index (χ1v) is 10.8. The molecule has 2 heterocycles. The molecular weight excluding hydrogens is 529 g/mol. The zero-order valence-corrected chi connectivity index (χ0v) is 19.5. The molecule has 0 amide bonds. The van der Waals surface area contributed by atoms with E-state index in [1.165, 1.54) is 0 Å². The van der Waals surface area contributed by atoms with Gasteiger partial charge in [0, 0.05) is 22.4 Å². The summed E-state index contributed by atoms with van der Waals surface area (Å²) >= 11 is 16.1. The monoisotopic (exact) mass is 545 g/mol. The van der Waals surface area contributed by atoms with Crippen LogP contribution in [-0.2, 0) is 21.8 Å². The van der Waals surface area contributed by atoms with Crippen molar-refractivity contribution in [1.29, 1.82) is 0 Å². The highest BCUT2D eigenvalue weighted by Crippen LogP contribution is 2.41. The molecule has 0 radical (unpaired) electrons. The number of halogens is 3. The van der Waals surface area contributed by atoms with Crippen LogP contribution in [-0.4, -0.2) is 39.2 Å². The molecule has 1 aliphatic heterocycles. The highest BCUT2D eigenvalue weighted by atomic mass is 79.9. The summed E-state index contributed by atoms with van der Waals surface area (Å²) in [6, 6.07) is 13.1. The molecule has 3 aromatic rings. The Morgan fingerprint density at radius 1 is 1.31 bits per heavy atom. The molecule has 0 aliphatic carbocycles. The van der Waals surface area contributed by atoms with Gasteiger partial charge in [-0.3, -0.25) is 0 Å². The van der Waals surface area contributed by atoms with Crippen molar-refractivity contribution in [3.8, 4) is 5.75 Å². The van der Waals surface area contributed by atoms with Crippen molar-refractivity contribution in [3.05, 3.63) is 91.4 Å². The van der Waals surface area contributed by atoms with E-state index in [9.17, 15) is 0 Å². The van der Waals surface area contributed by atoms with Crippen LogP contribution in [0, 0.1) is 10.1 Å². The van der Waals surface area contributed by atoms with Crippen molar-refractivity contribution in [3.63, 3.8) is 0 Å². The number of aromatic nitrogens is 2. The number of ether oxygens (including phenoxy) is 3. The van der Waals surface area contributed by atoms with Crippen molar-refractivity contribution in [2.24, 2.45) is 0 Å². The van der Waals surface area contributed by atoms with E-state index >= 15 is 0 Å². The summed E-state index contributed by atoms with van der Waals surface area (Å²) in [5.41, 5.74) is 0.682. The third kappa shape index (κ3) is 6.33. The van der Waals surface area contributed by atoms with Gasteiger partial charge >= 0.3 is 0 Å². The molecular formula is C20H18BrCl2N3O6. The van der Waals surface area contributed by atoms with E-state index in [2.05, 4.69) is 20.9 Å². The smallest absolute Gasteiger partial charge is 0.291 e. The maximum atomic E-state index is 8.36. The predicted octanol–water partition coefficient (Wildman–Crippen LogP) is 4.95. The number of imidazole rings is 1. The third-order valence-corrected chi connectivity index (χ3v) is 5.77. The minimum atomic E-state index is -1.50. The van der Waals surface area contributed by atoms with Crippen molar-refractivity contribution in [1.82, 2.24) is 9.55 Å². The molecule has 4 rings (SSSR count). The number of benzene rings is 2. The van der Waals surface area contributed by atoms with Crippen LogP contribution < -0.4 is 4.74 Å². The molecule has 0 bridgehead atoms. The van der Waals surface area contributed by atoms with Gasteiger partial charge in [0.15, 0.2) is 0 Å². The van der Waals surface area contributed by atoms with E-state index in [1.54, 1.807) is 18.6 Å². The lowest BCUT2D eigenvalue weighted by molar-refractivity contribution is -0.742. The van der Waals surface area contributed by atoms with Crippen LogP contribution >= 0.6 is 39.1 Å². The van der Waals surface area contributed by atoms with Crippen molar-refractivity contribution >= 4 is 39.1 Å². The first kappa shape index (κ1) is 24.3. The second kappa shape index (κ2) is 11.0. The Hall–Kier alpha value is -2.37. The molecule has 170 valence electrons. The molecule has 2 unspecified atom stereocenters. The van der Waals surface area contributed by atoms with Crippen LogP contribution in [0.2, 0.25) is 10.0 Å². The van der Waals surface area contributed by atoms with Gasteiger partial charge in [-0.15, -0.1) is 10.1 Å². The lowest BCUT2D eigenvalue weighted by Crippen LogP contribution is -2.34. The normalized spacial score (nSPS) is 19.8. The number of hydrogen-bond donors (Lipinski definition) is 1. The lowest BCUT2D eigenvalue weighted by atomic mass is 10.1. The Labute approximate surface area is 201 Å². The van der Waals surface area contributed by atoms with Crippen LogP contribution in [0.5, 0.6) is 5.75 Å². The van der Waals surface area contributed by atoms with E-state index < -0.39 is 10.9 Å². The molecule has 1 aliphatic rings. The molecule has 32 heavy (non-hydrogen) atoms. The molecule has 12 heteroatoms. The molecule has 2 atom stereocenters. The van der Waals surface area contributed by atoms with Gasteiger partial charge in [0.2, 0.25) is 5.79 Å². The van der Waals surface area contributed by atoms with Gasteiger partial charge in [-0.1, -0.05) is 51.3 Å². The van der Waals surface area contributed by atoms with Crippen LogP contribution in [0.4, 0.5) is 0 Å². The first-order chi connectivity index (χ1) is 15.3. The predicted molar refractivity (Wildman–Crippen MR) is 120 cm³/mol. The maximum Gasteiger partial charge on any atom is 0.291 e. The number of nitrogens with zero attached hydrogens (tertiary/aromatic N) is 3. The highest BCUT2D eigenvalue weighted by Gasteiger charge is 2.45. The first-order valence-electron chi connectivity index (χ1n) is 9.23. The van der Waals surface area contributed by atoms with Gasteiger partial charge in [0.1, 0.15) is 18.5 Å². The molecule has 0 saturated carbocycles. The van der Waals surface area contributed by atoms with Crippen LogP contribution in [0.15, 0.2) is 65.7 Å². The second-order valence-electron chi connectivity index (χ2n) is 6.64. The fourth-order valence-electron chi connectivity index (χ4n) is 3.09. The van der Waals surface area contributed by atoms with E-state index in [1.807, 2.05) is 47.2 Å². The minimum Gasteiger partial charge on any atom is -0.491 e. The Bertz CT molecular complexity index is 1030. The van der Waals surface area contributed by atoms with Gasteiger partial charge in [-0.2, -0.15) is 0 Å². The van der Waals surface area contributed by atoms with Crippen molar-refractivity contribution in [2.45, 2.75) is 18.4 Å². The highest BCUT2D eigenvalue weighted by molar-refractivity contribution is 9.10. The average Bonchev–Trinajstić information content (AvgIpc) is 3.40.